The minimum atomic E-state index is -0.900. The molecule has 0 aliphatic carbocycles. The largest absolute Gasteiger partial charge is 0.390 e. The third kappa shape index (κ3) is 4.99. The van der Waals surface area contributed by atoms with E-state index in [1.165, 1.54) is 5.56 Å². The van der Waals surface area contributed by atoms with E-state index >= 15 is 0 Å². The molecule has 0 bridgehead atoms. The van der Waals surface area contributed by atoms with E-state index in [4.69, 9.17) is 11.6 Å². The van der Waals surface area contributed by atoms with E-state index in [2.05, 4.69) is 21.2 Å². The van der Waals surface area contributed by atoms with E-state index < -0.39 is 17.7 Å². The van der Waals surface area contributed by atoms with E-state index in [1.807, 2.05) is 18.2 Å². The Balaban J connectivity index is 1.44. The van der Waals surface area contributed by atoms with Crippen LogP contribution in [0.4, 0.5) is 4.79 Å². The van der Waals surface area contributed by atoms with Crippen molar-refractivity contribution in [1.82, 2.24) is 20.0 Å². The number of aliphatic hydroxyl groups excluding tert-OH is 1. The zero-order valence-electron chi connectivity index (χ0n) is 15.8. The van der Waals surface area contributed by atoms with Gasteiger partial charge in [-0.3, -0.25) is 19.5 Å². The molecule has 0 spiro atoms. The Hall–Kier alpha value is -1.67. The van der Waals surface area contributed by atoms with Crippen molar-refractivity contribution in [2.75, 3.05) is 39.3 Å². The van der Waals surface area contributed by atoms with Gasteiger partial charge in [0.15, 0.2) is 0 Å². The molecule has 2 N–H and O–H groups in total. The quantitative estimate of drug-likeness (QED) is 0.708. The highest BCUT2D eigenvalue weighted by Gasteiger charge is 2.44. The van der Waals surface area contributed by atoms with Gasteiger partial charge in [0, 0.05) is 44.3 Å². The van der Waals surface area contributed by atoms with Crippen molar-refractivity contribution in [2.24, 2.45) is 0 Å². The number of urea groups is 1. The highest BCUT2D eigenvalue weighted by molar-refractivity contribution is 6.30. The zero-order valence-corrected chi connectivity index (χ0v) is 16.6. The number of imide groups is 1. The third-order valence-electron chi connectivity index (χ3n) is 5.07. The number of rotatable bonds is 6. The molecule has 27 heavy (non-hydrogen) atoms. The fraction of sp³-hybridized carbons (Fsp3) is 0.579. The first-order valence-corrected chi connectivity index (χ1v) is 9.64. The fourth-order valence-corrected chi connectivity index (χ4v) is 3.79. The summed E-state index contributed by atoms with van der Waals surface area (Å²) in [6.45, 7) is 8.13. The monoisotopic (exact) mass is 394 g/mol. The summed E-state index contributed by atoms with van der Waals surface area (Å²) >= 11 is 6.04. The van der Waals surface area contributed by atoms with Crippen molar-refractivity contribution >= 4 is 23.5 Å². The van der Waals surface area contributed by atoms with Gasteiger partial charge < -0.3 is 10.4 Å². The molecule has 8 heteroatoms. The number of hydrogen-bond donors (Lipinski definition) is 2. The minimum Gasteiger partial charge on any atom is -0.390 e. The zero-order chi connectivity index (χ0) is 19.6. The van der Waals surface area contributed by atoms with Crippen molar-refractivity contribution in [1.29, 1.82) is 0 Å². The van der Waals surface area contributed by atoms with Gasteiger partial charge in [-0.15, -0.1) is 0 Å². The van der Waals surface area contributed by atoms with Gasteiger partial charge in [-0.25, -0.2) is 4.79 Å². The van der Waals surface area contributed by atoms with Crippen molar-refractivity contribution in [2.45, 2.75) is 32.0 Å². The summed E-state index contributed by atoms with van der Waals surface area (Å²) in [5, 5.41) is 13.7. The van der Waals surface area contributed by atoms with Gasteiger partial charge in [0.2, 0.25) is 0 Å². The molecule has 3 amide bonds. The molecule has 1 atom stereocenters. The standard InChI is InChI=1S/C19H27ClN4O3/c1-19(2)17(26)24(18(27)21-19)13-16(25)12-23-8-6-22(7-9-23)11-14-4-3-5-15(20)10-14/h3-5,10,16,25H,6-9,11-13H2,1-2H3,(H,21,27). The van der Waals surface area contributed by atoms with Crippen molar-refractivity contribution < 1.29 is 14.7 Å². The molecular formula is C19H27ClN4O3. The lowest BCUT2D eigenvalue weighted by molar-refractivity contribution is -0.131. The average Bonchev–Trinajstić information content (AvgIpc) is 2.78. The van der Waals surface area contributed by atoms with E-state index in [-0.39, 0.29) is 12.5 Å². The maximum Gasteiger partial charge on any atom is 0.325 e. The number of benzene rings is 1. The van der Waals surface area contributed by atoms with Crippen molar-refractivity contribution in [3.63, 3.8) is 0 Å². The first kappa shape index (κ1) is 20.1. The van der Waals surface area contributed by atoms with Gasteiger partial charge in [0.05, 0.1) is 12.6 Å². The number of carbonyl (C=O) groups is 2. The number of aliphatic hydroxyl groups is 1. The van der Waals surface area contributed by atoms with E-state index in [0.717, 1.165) is 42.6 Å². The molecule has 0 saturated carbocycles. The molecular weight excluding hydrogens is 368 g/mol. The third-order valence-corrected chi connectivity index (χ3v) is 5.30. The number of hydrogen-bond acceptors (Lipinski definition) is 5. The van der Waals surface area contributed by atoms with Gasteiger partial charge in [0.25, 0.3) is 5.91 Å². The number of amides is 3. The van der Waals surface area contributed by atoms with Crippen LogP contribution in [-0.4, -0.2) is 82.7 Å². The van der Waals surface area contributed by atoms with Gasteiger partial charge in [-0.1, -0.05) is 23.7 Å². The lowest BCUT2D eigenvalue weighted by Gasteiger charge is -2.36. The van der Waals surface area contributed by atoms with Gasteiger partial charge in [-0.2, -0.15) is 0 Å². The molecule has 1 aromatic rings. The fourth-order valence-electron chi connectivity index (χ4n) is 3.57. The Morgan fingerprint density at radius 1 is 1.15 bits per heavy atom. The van der Waals surface area contributed by atoms with Gasteiger partial charge in [-0.05, 0) is 31.5 Å². The molecule has 2 fully saturated rings. The molecule has 0 aromatic heterocycles. The molecule has 1 aromatic carbocycles. The van der Waals surface area contributed by atoms with E-state index in [9.17, 15) is 14.7 Å². The van der Waals surface area contributed by atoms with Crippen molar-refractivity contribution in [3.8, 4) is 0 Å². The van der Waals surface area contributed by atoms with Crippen LogP contribution in [0.1, 0.15) is 19.4 Å². The average molecular weight is 395 g/mol. The smallest absolute Gasteiger partial charge is 0.325 e. The number of carbonyl (C=O) groups excluding carboxylic acids is 2. The molecule has 2 saturated heterocycles. The summed E-state index contributed by atoms with van der Waals surface area (Å²) in [4.78, 5) is 29.8. The first-order valence-electron chi connectivity index (χ1n) is 9.26. The number of piperazine rings is 1. The summed E-state index contributed by atoms with van der Waals surface area (Å²) in [6, 6.07) is 7.45. The molecule has 3 rings (SSSR count). The van der Waals surface area contributed by atoms with E-state index in [1.54, 1.807) is 13.8 Å². The Morgan fingerprint density at radius 3 is 2.41 bits per heavy atom. The topological polar surface area (TPSA) is 76.1 Å². The van der Waals surface area contributed by atoms with Crippen LogP contribution in [0.15, 0.2) is 24.3 Å². The maximum atomic E-state index is 12.2. The van der Waals surface area contributed by atoms with Crippen LogP contribution in [0.3, 0.4) is 0 Å². The Labute approximate surface area is 164 Å². The number of nitrogens with one attached hydrogen (secondary N) is 1. The van der Waals surface area contributed by atoms with Crippen LogP contribution in [-0.2, 0) is 11.3 Å². The van der Waals surface area contributed by atoms with Crippen LogP contribution in [0.25, 0.3) is 0 Å². The van der Waals surface area contributed by atoms with E-state index in [0.29, 0.717) is 6.54 Å². The summed E-state index contributed by atoms with van der Waals surface area (Å²) in [5.41, 5.74) is 0.292. The second kappa shape index (κ2) is 8.14. The predicted octanol–water partition coefficient (Wildman–Crippen LogP) is 1.15. The second-order valence-corrected chi connectivity index (χ2v) is 8.27. The van der Waals surface area contributed by atoms with Gasteiger partial charge in [0.1, 0.15) is 5.54 Å². The molecule has 2 heterocycles. The second-order valence-electron chi connectivity index (χ2n) is 7.83. The lowest BCUT2D eigenvalue weighted by atomic mass is 10.1. The molecule has 0 radical (unpaired) electrons. The first-order chi connectivity index (χ1) is 12.7. The Bertz CT molecular complexity index is 704. The summed E-state index contributed by atoms with van der Waals surface area (Å²) in [5.74, 6) is -0.294. The van der Waals surface area contributed by atoms with Crippen LogP contribution < -0.4 is 5.32 Å². The number of nitrogens with zero attached hydrogens (tertiary/aromatic N) is 3. The minimum absolute atomic E-state index is 0.0246. The van der Waals surface area contributed by atoms with Crippen LogP contribution in [0.5, 0.6) is 0 Å². The summed E-state index contributed by atoms with van der Waals surface area (Å²) in [7, 11) is 0. The highest BCUT2D eigenvalue weighted by atomic mass is 35.5. The van der Waals surface area contributed by atoms with Crippen LogP contribution in [0.2, 0.25) is 5.02 Å². The lowest BCUT2D eigenvalue weighted by Crippen LogP contribution is -2.50. The predicted molar refractivity (Wildman–Crippen MR) is 103 cm³/mol. The molecule has 2 aliphatic rings. The molecule has 148 valence electrons. The summed E-state index contributed by atoms with van der Waals surface area (Å²) in [6.07, 6.45) is -0.756. The van der Waals surface area contributed by atoms with Crippen LogP contribution >= 0.6 is 11.6 Å². The maximum absolute atomic E-state index is 12.2. The van der Waals surface area contributed by atoms with Gasteiger partial charge >= 0.3 is 6.03 Å². The highest BCUT2D eigenvalue weighted by Crippen LogP contribution is 2.17. The molecule has 2 aliphatic heterocycles. The SMILES string of the molecule is CC1(C)NC(=O)N(CC(O)CN2CCN(Cc3cccc(Cl)c3)CC2)C1=O. The summed E-state index contributed by atoms with van der Waals surface area (Å²) < 4.78 is 0. The number of β-amino-alcohol motifs (C(OH)–C–C–N with tert-alkyl or cyclic N) is 1. The number of halogens is 1. The van der Waals surface area contributed by atoms with Crippen LogP contribution in [0, 0.1) is 0 Å². The normalized spacial score (nSPS) is 22.1. The molecule has 7 nitrogen and oxygen atoms in total. The molecule has 1 unspecified atom stereocenters. The Morgan fingerprint density at radius 2 is 1.81 bits per heavy atom. The Kier molecular flexibility index (Phi) is 6.05. The van der Waals surface area contributed by atoms with Crippen molar-refractivity contribution in [3.05, 3.63) is 34.9 Å².